The van der Waals surface area contributed by atoms with Gasteiger partial charge in [-0.05, 0) is 13.0 Å². The molecule has 0 N–H and O–H groups in total. The van der Waals surface area contributed by atoms with E-state index >= 15 is 0 Å². The van der Waals surface area contributed by atoms with Gasteiger partial charge in [0.15, 0.2) is 5.76 Å². The maximum absolute atomic E-state index is 11.4. The van der Waals surface area contributed by atoms with Gasteiger partial charge in [0.25, 0.3) is 0 Å². The first kappa shape index (κ1) is 14.8. The second-order valence-corrected chi connectivity index (χ2v) is 5.83. The van der Waals surface area contributed by atoms with E-state index in [1.807, 2.05) is 17.0 Å². The molecular formula is C17H21N3O2. The van der Waals surface area contributed by atoms with Crippen LogP contribution in [0.15, 0.2) is 35.0 Å². The predicted molar refractivity (Wildman–Crippen MR) is 84.2 cm³/mol. The van der Waals surface area contributed by atoms with E-state index in [9.17, 15) is 4.79 Å². The van der Waals surface area contributed by atoms with Crippen LogP contribution in [0.5, 0.6) is 0 Å². The van der Waals surface area contributed by atoms with Gasteiger partial charge in [-0.15, -0.1) is 0 Å². The zero-order chi connectivity index (χ0) is 15.5. The molecule has 1 fully saturated rings. The molecule has 0 bridgehead atoms. The van der Waals surface area contributed by atoms with Gasteiger partial charge in [0.1, 0.15) is 0 Å². The lowest BCUT2D eigenvalue weighted by atomic mass is 10.1. The van der Waals surface area contributed by atoms with E-state index in [2.05, 4.69) is 29.1 Å². The van der Waals surface area contributed by atoms with Gasteiger partial charge in [0, 0.05) is 50.8 Å². The molecule has 0 aliphatic carbocycles. The fraction of sp³-hybridized carbons (Fsp3) is 0.412. The molecule has 1 aliphatic rings. The van der Waals surface area contributed by atoms with Crippen molar-refractivity contribution in [2.24, 2.45) is 0 Å². The second-order valence-electron chi connectivity index (χ2n) is 5.83. The van der Waals surface area contributed by atoms with Gasteiger partial charge >= 0.3 is 0 Å². The molecule has 1 amide bonds. The van der Waals surface area contributed by atoms with Crippen molar-refractivity contribution in [3.63, 3.8) is 0 Å². The highest BCUT2D eigenvalue weighted by molar-refractivity contribution is 5.73. The Bertz CT molecular complexity index is 657. The van der Waals surface area contributed by atoms with Gasteiger partial charge in [0.05, 0.1) is 6.20 Å². The fourth-order valence-corrected chi connectivity index (χ4v) is 2.86. The summed E-state index contributed by atoms with van der Waals surface area (Å²) < 4.78 is 5.47. The first-order valence-electron chi connectivity index (χ1n) is 7.62. The molecule has 2 heterocycles. The van der Waals surface area contributed by atoms with Crippen molar-refractivity contribution in [2.45, 2.75) is 20.4 Å². The van der Waals surface area contributed by atoms with Crippen LogP contribution >= 0.6 is 0 Å². The number of nitrogens with zero attached hydrogens (tertiary/aromatic N) is 3. The quantitative estimate of drug-likeness (QED) is 0.872. The van der Waals surface area contributed by atoms with E-state index in [0.717, 1.165) is 49.6 Å². The van der Waals surface area contributed by atoms with Gasteiger partial charge < -0.3 is 9.42 Å². The summed E-state index contributed by atoms with van der Waals surface area (Å²) in [5.41, 5.74) is 3.37. The highest BCUT2D eigenvalue weighted by Crippen LogP contribution is 2.25. The highest BCUT2D eigenvalue weighted by atomic mass is 16.5. The Kier molecular flexibility index (Phi) is 4.24. The Morgan fingerprint density at radius 3 is 2.73 bits per heavy atom. The smallest absolute Gasteiger partial charge is 0.219 e. The Balaban J connectivity index is 1.70. The number of benzene rings is 1. The molecule has 1 aliphatic heterocycles. The standard InChI is InChI=1S/C17H21N3O2/c1-13-4-3-5-15(10-13)17-16(11-18-22-17)12-19-6-8-20(9-7-19)14(2)21/h3-5,10-11H,6-9,12H2,1-2H3. The molecule has 22 heavy (non-hydrogen) atoms. The van der Waals surface area contributed by atoms with Crippen LogP contribution < -0.4 is 0 Å². The van der Waals surface area contributed by atoms with Gasteiger partial charge in [-0.3, -0.25) is 9.69 Å². The number of hydrogen-bond acceptors (Lipinski definition) is 4. The maximum atomic E-state index is 11.4. The second kappa shape index (κ2) is 6.32. The summed E-state index contributed by atoms with van der Waals surface area (Å²) in [6.07, 6.45) is 1.80. The molecule has 0 unspecified atom stereocenters. The SMILES string of the molecule is CC(=O)N1CCN(Cc2cnoc2-c2cccc(C)c2)CC1. The zero-order valence-corrected chi connectivity index (χ0v) is 13.1. The van der Waals surface area contributed by atoms with E-state index in [0.29, 0.717) is 0 Å². The molecule has 1 aromatic carbocycles. The van der Waals surface area contributed by atoms with E-state index in [-0.39, 0.29) is 5.91 Å². The summed E-state index contributed by atoms with van der Waals surface area (Å²) in [6, 6.07) is 8.26. The fourth-order valence-electron chi connectivity index (χ4n) is 2.86. The van der Waals surface area contributed by atoms with Crippen LogP contribution in [0.4, 0.5) is 0 Å². The number of carbonyl (C=O) groups is 1. The van der Waals surface area contributed by atoms with E-state index in [4.69, 9.17) is 4.52 Å². The molecule has 0 spiro atoms. The monoisotopic (exact) mass is 299 g/mol. The average molecular weight is 299 g/mol. The largest absolute Gasteiger partial charge is 0.356 e. The predicted octanol–water partition coefficient (Wildman–Crippen LogP) is 2.31. The number of hydrogen-bond donors (Lipinski definition) is 0. The van der Waals surface area contributed by atoms with Crippen molar-refractivity contribution in [3.05, 3.63) is 41.6 Å². The van der Waals surface area contributed by atoms with Crippen molar-refractivity contribution in [1.29, 1.82) is 0 Å². The van der Waals surface area contributed by atoms with Crippen LogP contribution in [-0.4, -0.2) is 47.0 Å². The summed E-state index contributed by atoms with van der Waals surface area (Å²) in [5.74, 6) is 1.00. The minimum atomic E-state index is 0.157. The van der Waals surface area contributed by atoms with Gasteiger partial charge in [0.2, 0.25) is 5.91 Å². The van der Waals surface area contributed by atoms with Crippen LogP contribution in [0.1, 0.15) is 18.1 Å². The van der Waals surface area contributed by atoms with E-state index in [1.165, 1.54) is 5.56 Å². The van der Waals surface area contributed by atoms with Gasteiger partial charge in [-0.25, -0.2) is 0 Å². The number of aryl methyl sites for hydroxylation is 1. The molecule has 0 radical (unpaired) electrons. The van der Waals surface area contributed by atoms with Crippen LogP contribution in [0, 0.1) is 6.92 Å². The van der Waals surface area contributed by atoms with Crippen molar-refractivity contribution in [3.8, 4) is 11.3 Å². The lowest BCUT2D eigenvalue weighted by Crippen LogP contribution is -2.47. The van der Waals surface area contributed by atoms with Gasteiger partial charge in [-0.1, -0.05) is 28.9 Å². The summed E-state index contributed by atoms with van der Waals surface area (Å²) in [4.78, 5) is 15.6. The molecule has 0 atom stereocenters. The molecule has 2 aromatic rings. The molecule has 1 saturated heterocycles. The van der Waals surface area contributed by atoms with Crippen LogP contribution in [0.25, 0.3) is 11.3 Å². The Morgan fingerprint density at radius 1 is 1.27 bits per heavy atom. The molecule has 116 valence electrons. The average Bonchev–Trinajstić information content (AvgIpc) is 2.96. The molecular weight excluding hydrogens is 278 g/mol. The Labute approximate surface area is 130 Å². The van der Waals surface area contributed by atoms with E-state index < -0.39 is 0 Å². The zero-order valence-electron chi connectivity index (χ0n) is 13.1. The number of rotatable bonds is 3. The van der Waals surface area contributed by atoms with Gasteiger partial charge in [-0.2, -0.15) is 0 Å². The van der Waals surface area contributed by atoms with Crippen molar-refractivity contribution in [1.82, 2.24) is 15.0 Å². The number of carbonyl (C=O) groups excluding carboxylic acids is 1. The summed E-state index contributed by atoms with van der Waals surface area (Å²) >= 11 is 0. The third-order valence-corrected chi connectivity index (χ3v) is 4.14. The summed E-state index contributed by atoms with van der Waals surface area (Å²) in [5, 5.41) is 3.97. The number of piperazine rings is 1. The maximum Gasteiger partial charge on any atom is 0.219 e. The minimum absolute atomic E-state index is 0.157. The third-order valence-electron chi connectivity index (χ3n) is 4.14. The molecule has 5 nitrogen and oxygen atoms in total. The van der Waals surface area contributed by atoms with Crippen molar-refractivity contribution in [2.75, 3.05) is 26.2 Å². The Hall–Kier alpha value is -2.14. The summed E-state index contributed by atoms with van der Waals surface area (Å²) in [7, 11) is 0. The van der Waals surface area contributed by atoms with Crippen LogP contribution in [0.3, 0.4) is 0 Å². The van der Waals surface area contributed by atoms with Crippen LogP contribution in [-0.2, 0) is 11.3 Å². The molecule has 3 rings (SSSR count). The summed E-state index contributed by atoms with van der Waals surface area (Å²) in [6.45, 7) is 7.86. The lowest BCUT2D eigenvalue weighted by Gasteiger charge is -2.33. The van der Waals surface area contributed by atoms with Crippen molar-refractivity contribution < 1.29 is 9.32 Å². The number of aromatic nitrogens is 1. The first-order chi connectivity index (χ1) is 10.6. The van der Waals surface area contributed by atoms with Crippen LogP contribution in [0.2, 0.25) is 0 Å². The molecule has 1 aromatic heterocycles. The third kappa shape index (κ3) is 3.20. The normalized spacial score (nSPS) is 16.0. The van der Waals surface area contributed by atoms with E-state index in [1.54, 1.807) is 13.1 Å². The molecule has 0 saturated carbocycles. The lowest BCUT2D eigenvalue weighted by molar-refractivity contribution is -0.130. The number of amides is 1. The first-order valence-corrected chi connectivity index (χ1v) is 7.62. The highest BCUT2D eigenvalue weighted by Gasteiger charge is 2.21. The topological polar surface area (TPSA) is 49.6 Å². The minimum Gasteiger partial charge on any atom is -0.356 e. The van der Waals surface area contributed by atoms with Crippen molar-refractivity contribution >= 4 is 5.91 Å². The Morgan fingerprint density at radius 2 is 2.05 bits per heavy atom. The molecule has 5 heteroatoms.